The standard InChI is InChI=1S/C19H31N/c1-15-9-8-10-16(13-15)14-20-18(19(2,3)4)17-11-6-5-7-12-17/h5-7,11-12,15-16,18,20H,8-10,13-14H2,1-4H3. The average Bonchev–Trinajstić information content (AvgIpc) is 2.39. The Balaban J connectivity index is 1.98. The second-order valence-electron chi connectivity index (χ2n) is 7.76. The molecule has 112 valence electrons. The van der Waals surface area contributed by atoms with Gasteiger partial charge in [0.15, 0.2) is 0 Å². The first-order chi connectivity index (χ1) is 9.47. The van der Waals surface area contributed by atoms with E-state index in [0.29, 0.717) is 6.04 Å². The summed E-state index contributed by atoms with van der Waals surface area (Å²) >= 11 is 0. The van der Waals surface area contributed by atoms with Crippen molar-refractivity contribution in [2.45, 2.75) is 59.4 Å². The second-order valence-corrected chi connectivity index (χ2v) is 7.76. The molecule has 1 fully saturated rings. The first-order valence-electron chi connectivity index (χ1n) is 8.25. The Kier molecular flexibility index (Phi) is 5.26. The van der Waals surface area contributed by atoms with Crippen molar-refractivity contribution in [3.8, 4) is 0 Å². The summed E-state index contributed by atoms with van der Waals surface area (Å²) < 4.78 is 0. The molecule has 0 heterocycles. The van der Waals surface area contributed by atoms with E-state index in [1.54, 1.807) is 0 Å². The molecule has 1 saturated carbocycles. The van der Waals surface area contributed by atoms with Gasteiger partial charge in [0, 0.05) is 6.04 Å². The molecule has 1 aromatic rings. The summed E-state index contributed by atoms with van der Waals surface area (Å²) in [5.41, 5.74) is 1.67. The van der Waals surface area contributed by atoms with Gasteiger partial charge in [-0.1, -0.05) is 70.9 Å². The van der Waals surface area contributed by atoms with Gasteiger partial charge in [-0.2, -0.15) is 0 Å². The van der Waals surface area contributed by atoms with E-state index < -0.39 is 0 Å². The van der Waals surface area contributed by atoms with Crippen LogP contribution in [0.3, 0.4) is 0 Å². The molecule has 1 aliphatic carbocycles. The fourth-order valence-electron chi connectivity index (χ4n) is 3.60. The largest absolute Gasteiger partial charge is 0.309 e. The number of benzene rings is 1. The van der Waals surface area contributed by atoms with Gasteiger partial charge in [-0.3, -0.25) is 0 Å². The molecule has 0 saturated heterocycles. The van der Waals surface area contributed by atoms with Crippen LogP contribution in [0.1, 0.15) is 65.0 Å². The van der Waals surface area contributed by atoms with Gasteiger partial charge in [0.05, 0.1) is 0 Å². The minimum absolute atomic E-state index is 0.252. The number of hydrogen-bond donors (Lipinski definition) is 1. The van der Waals surface area contributed by atoms with E-state index in [-0.39, 0.29) is 5.41 Å². The molecule has 1 N–H and O–H groups in total. The van der Waals surface area contributed by atoms with Crippen LogP contribution in [0.4, 0.5) is 0 Å². The van der Waals surface area contributed by atoms with Gasteiger partial charge in [-0.15, -0.1) is 0 Å². The van der Waals surface area contributed by atoms with Gasteiger partial charge < -0.3 is 5.32 Å². The molecule has 3 unspecified atom stereocenters. The van der Waals surface area contributed by atoms with Crippen molar-refractivity contribution >= 4 is 0 Å². The van der Waals surface area contributed by atoms with Crippen molar-refractivity contribution in [1.29, 1.82) is 0 Å². The fourth-order valence-corrected chi connectivity index (χ4v) is 3.60. The Hall–Kier alpha value is -0.820. The van der Waals surface area contributed by atoms with Crippen LogP contribution in [0.15, 0.2) is 30.3 Å². The van der Waals surface area contributed by atoms with Crippen LogP contribution in [0.25, 0.3) is 0 Å². The molecular weight excluding hydrogens is 242 g/mol. The van der Waals surface area contributed by atoms with Crippen LogP contribution in [-0.2, 0) is 0 Å². The molecule has 1 aliphatic rings. The lowest BCUT2D eigenvalue weighted by Gasteiger charge is -2.35. The number of rotatable bonds is 4. The molecule has 0 bridgehead atoms. The summed E-state index contributed by atoms with van der Waals surface area (Å²) in [6.45, 7) is 10.6. The van der Waals surface area contributed by atoms with Crippen molar-refractivity contribution in [1.82, 2.24) is 5.32 Å². The number of nitrogens with one attached hydrogen (secondary N) is 1. The van der Waals surface area contributed by atoms with Gasteiger partial charge in [0.2, 0.25) is 0 Å². The topological polar surface area (TPSA) is 12.0 Å². The predicted molar refractivity (Wildman–Crippen MR) is 87.8 cm³/mol. The molecule has 0 amide bonds. The van der Waals surface area contributed by atoms with E-state index in [2.05, 4.69) is 63.3 Å². The molecule has 20 heavy (non-hydrogen) atoms. The lowest BCUT2D eigenvalue weighted by Crippen LogP contribution is -2.36. The van der Waals surface area contributed by atoms with Gasteiger partial charge in [0.1, 0.15) is 0 Å². The molecule has 2 rings (SSSR count). The first kappa shape index (κ1) is 15.6. The normalized spacial score (nSPS) is 25.4. The molecule has 1 nitrogen and oxygen atoms in total. The summed E-state index contributed by atoms with van der Waals surface area (Å²) in [6, 6.07) is 11.4. The Morgan fingerprint density at radius 1 is 1.15 bits per heavy atom. The fraction of sp³-hybridized carbons (Fsp3) is 0.684. The van der Waals surface area contributed by atoms with E-state index in [0.717, 1.165) is 11.8 Å². The zero-order chi connectivity index (χ0) is 14.6. The van der Waals surface area contributed by atoms with Crippen LogP contribution >= 0.6 is 0 Å². The molecule has 1 heteroatoms. The summed E-state index contributed by atoms with van der Waals surface area (Å²) in [5, 5.41) is 3.87. The van der Waals surface area contributed by atoms with Crippen LogP contribution in [-0.4, -0.2) is 6.54 Å². The van der Waals surface area contributed by atoms with Crippen LogP contribution in [0, 0.1) is 17.3 Å². The molecule has 0 aliphatic heterocycles. The highest BCUT2D eigenvalue weighted by Gasteiger charge is 2.27. The smallest absolute Gasteiger partial charge is 0.0369 e. The minimum atomic E-state index is 0.252. The lowest BCUT2D eigenvalue weighted by molar-refractivity contribution is 0.224. The maximum Gasteiger partial charge on any atom is 0.0369 e. The molecular formula is C19H31N. The van der Waals surface area contributed by atoms with Crippen molar-refractivity contribution < 1.29 is 0 Å². The Morgan fingerprint density at radius 2 is 1.85 bits per heavy atom. The maximum atomic E-state index is 3.87. The first-order valence-corrected chi connectivity index (χ1v) is 8.25. The molecule has 0 aromatic heterocycles. The highest BCUT2D eigenvalue weighted by atomic mass is 14.9. The van der Waals surface area contributed by atoms with Crippen molar-refractivity contribution in [3.05, 3.63) is 35.9 Å². The van der Waals surface area contributed by atoms with E-state index in [1.807, 2.05) is 0 Å². The van der Waals surface area contributed by atoms with Crippen molar-refractivity contribution in [2.24, 2.45) is 17.3 Å². The molecule has 0 spiro atoms. The summed E-state index contributed by atoms with van der Waals surface area (Å²) in [7, 11) is 0. The Bertz CT molecular complexity index is 390. The van der Waals surface area contributed by atoms with Gasteiger partial charge in [0.25, 0.3) is 0 Å². The van der Waals surface area contributed by atoms with Crippen molar-refractivity contribution in [2.75, 3.05) is 6.54 Å². The van der Waals surface area contributed by atoms with Crippen LogP contribution < -0.4 is 5.32 Å². The number of hydrogen-bond acceptors (Lipinski definition) is 1. The molecule has 3 atom stereocenters. The van der Waals surface area contributed by atoms with Crippen LogP contribution in [0.5, 0.6) is 0 Å². The van der Waals surface area contributed by atoms with Crippen molar-refractivity contribution in [3.63, 3.8) is 0 Å². The van der Waals surface area contributed by atoms with E-state index in [1.165, 1.54) is 37.8 Å². The zero-order valence-electron chi connectivity index (χ0n) is 13.7. The maximum absolute atomic E-state index is 3.87. The third kappa shape index (κ3) is 4.34. The minimum Gasteiger partial charge on any atom is -0.309 e. The highest BCUT2D eigenvalue weighted by molar-refractivity contribution is 5.20. The quantitative estimate of drug-likeness (QED) is 0.796. The SMILES string of the molecule is CC1CCCC(CNC(c2ccccc2)C(C)(C)C)C1. The third-order valence-electron chi connectivity index (χ3n) is 4.65. The van der Waals surface area contributed by atoms with Gasteiger partial charge in [-0.05, 0) is 42.2 Å². The van der Waals surface area contributed by atoms with E-state index >= 15 is 0 Å². The predicted octanol–water partition coefficient (Wildman–Crippen LogP) is 5.19. The molecule has 1 aromatic carbocycles. The Morgan fingerprint density at radius 3 is 2.45 bits per heavy atom. The zero-order valence-corrected chi connectivity index (χ0v) is 13.7. The lowest BCUT2D eigenvalue weighted by atomic mass is 9.80. The van der Waals surface area contributed by atoms with Gasteiger partial charge in [-0.25, -0.2) is 0 Å². The summed E-state index contributed by atoms with van der Waals surface area (Å²) in [4.78, 5) is 0. The van der Waals surface area contributed by atoms with Crippen LogP contribution in [0.2, 0.25) is 0 Å². The highest BCUT2D eigenvalue weighted by Crippen LogP contribution is 2.34. The van der Waals surface area contributed by atoms with E-state index in [4.69, 9.17) is 0 Å². The summed E-state index contributed by atoms with van der Waals surface area (Å²) in [6.07, 6.45) is 5.65. The summed E-state index contributed by atoms with van der Waals surface area (Å²) in [5.74, 6) is 1.78. The average molecular weight is 273 g/mol. The third-order valence-corrected chi connectivity index (χ3v) is 4.65. The Labute approximate surface area is 125 Å². The van der Waals surface area contributed by atoms with Gasteiger partial charge >= 0.3 is 0 Å². The van der Waals surface area contributed by atoms with E-state index in [9.17, 15) is 0 Å². The second kappa shape index (κ2) is 6.76. The monoisotopic (exact) mass is 273 g/mol. The molecule has 0 radical (unpaired) electrons.